The fourth-order valence-electron chi connectivity index (χ4n) is 2.65. The lowest BCUT2D eigenvalue weighted by atomic mass is 9.96. The summed E-state index contributed by atoms with van der Waals surface area (Å²) in [4.78, 5) is 0.462. The predicted molar refractivity (Wildman–Crippen MR) is 82.0 cm³/mol. The minimum Gasteiger partial charge on any atom is -0.389 e. The molecular formula is C15H22N2S. The van der Waals surface area contributed by atoms with Gasteiger partial charge in [-0.05, 0) is 43.0 Å². The molecule has 0 aliphatic heterocycles. The fraction of sp³-hybridized carbons (Fsp3) is 0.533. The molecule has 2 rings (SSSR count). The summed E-state index contributed by atoms with van der Waals surface area (Å²) in [6.45, 7) is 2.35. The Balaban J connectivity index is 2.01. The van der Waals surface area contributed by atoms with E-state index in [0.29, 0.717) is 11.0 Å². The van der Waals surface area contributed by atoms with E-state index in [0.717, 1.165) is 11.5 Å². The maximum absolute atomic E-state index is 5.60. The van der Waals surface area contributed by atoms with Crippen molar-refractivity contribution < 1.29 is 0 Å². The molecule has 18 heavy (non-hydrogen) atoms. The van der Waals surface area contributed by atoms with Crippen LogP contribution in [0.2, 0.25) is 0 Å². The molecule has 98 valence electrons. The van der Waals surface area contributed by atoms with Gasteiger partial charge >= 0.3 is 0 Å². The highest BCUT2D eigenvalue weighted by molar-refractivity contribution is 7.80. The highest BCUT2D eigenvalue weighted by atomic mass is 32.1. The number of benzene rings is 1. The van der Waals surface area contributed by atoms with Crippen LogP contribution in [-0.2, 0) is 0 Å². The molecule has 2 nitrogen and oxygen atoms in total. The molecule has 1 fully saturated rings. The van der Waals surface area contributed by atoms with Gasteiger partial charge in [0.1, 0.15) is 4.99 Å². The van der Waals surface area contributed by atoms with Gasteiger partial charge in [0.15, 0.2) is 0 Å². The molecule has 0 amide bonds. The molecule has 0 radical (unpaired) electrons. The maximum atomic E-state index is 5.60. The number of rotatable bonds is 3. The van der Waals surface area contributed by atoms with E-state index in [2.05, 4.69) is 24.4 Å². The zero-order valence-corrected chi connectivity index (χ0v) is 11.8. The van der Waals surface area contributed by atoms with E-state index >= 15 is 0 Å². The summed E-state index contributed by atoms with van der Waals surface area (Å²) in [6.07, 6.45) is 6.70. The Hall–Kier alpha value is -1.09. The highest BCUT2D eigenvalue weighted by Crippen LogP contribution is 2.26. The molecule has 0 spiro atoms. The smallest absolute Gasteiger partial charge is 0.103 e. The van der Waals surface area contributed by atoms with Crippen LogP contribution in [0, 0.1) is 5.92 Å². The monoisotopic (exact) mass is 262 g/mol. The zero-order valence-electron chi connectivity index (χ0n) is 11.0. The molecule has 3 heteroatoms. The molecule has 0 saturated heterocycles. The predicted octanol–water partition coefficient (Wildman–Crippen LogP) is 3.70. The van der Waals surface area contributed by atoms with Gasteiger partial charge < -0.3 is 11.1 Å². The standard InChI is InChI=1S/C15H22N2S/c1-11-5-3-2-4-6-14(11)17-13-9-7-12(8-10-13)15(16)18/h7-11,14,17H,2-6H2,1H3,(H2,16,18). The summed E-state index contributed by atoms with van der Waals surface area (Å²) < 4.78 is 0. The average molecular weight is 262 g/mol. The number of hydrogen-bond donors (Lipinski definition) is 2. The number of nitrogens with one attached hydrogen (secondary N) is 1. The SMILES string of the molecule is CC1CCCCCC1Nc1ccc(C(N)=S)cc1. The Morgan fingerprint density at radius 1 is 1.17 bits per heavy atom. The number of anilines is 1. The van der Waals surface area contributed by atoms with Gasteiger partial charge in [0.05, 0.1) is 0 Å². The van der Waals surface area contributed by atoms with Crippen molar-refractivity contribution >= 4 is 22.9 Å². The van der Waals surface area contributed by atoms with Gasteiger partial charge in [0.25, 0.3) is 0 Å². The lowest BCUT2D eigenvalue weighted by Gasteiger charge is -2.24. The summed E-state index contributed by atoms with van der Waals surface area (Å²) in [5.41, 5.74) is 7.71. The van der Waals surface area contributed by atoms with Gasteiger partial charge in [-0.1, -0.05) is 38.4 Å². The van der Waals surface area contributed by atoms with Crippen LogP contribution >= 0.6 is 12.2 Å². The quantitative estimate of drug-likeness (QED) is 0.644. The number of hydrogen-bond acceptors (Lipinski definition) is 2. The minimum absolute atomic E-state index is 0.462. The Bertz CT molecular complexity index is 399. The Kier molecular flexibility index (Phi) is 4.59. The summed E-state index contributed by atoms with van der Waals surface area (Å²) in [5.74, 6) is 0.753. The number of thiocarbonyl (C=S) groups is 1. The van der Waals surface area contributed by atoms with Gasteiger partial charge in [0, 0.05) is 17.3 Å². The van der Waals surface area contributed by atoms with Crippen molar-refractivity contribution in [2.45, 2.75) is 45.1 Å². The van der Waals surface area contributed by atoms with E-state index in [1.165, 1.54) is 37.8 Å². The van der Waals surface area contributed by atoms with Gasteiger partial charge in [-0.3, -0.25) is 0 Å². The van der Waals surface area contributed by atoms with Crippen LogP contribution in [0.15, 0.2) is 24.3 Å². The molecule has 0 bridgehead atoms. The van der Waals surface area contributed by atoms with Gasteiger partial charge in [-0.15, -0.1) is 0 Å². The van der Waals surface area contributed by atoms with Crippen LogP contribution in [0.5, 0.6) is 0 Å². The van der Waals surface area contributed by atoms with Crippen LogP contribution in [0.3, 0.4) is 0 Å². The highest BCUT2D eigenvalue weighted by Gasteiger charge is 2.19. The van der Waals surface area contributed by atoms with Crippen molar-refractivity contribution in [3.8, 4) is 0 Å². The first-order valence-corrected chi connectivity index (χ1v) is 7.24. The van der Waals surface area contributed by atoms with Crippen molar-refractivity contribution in [1.82, 2.24) is 0 Å². The summed E-state index contributed by atoms with van der Waals surface area (Å²) >= 11 is 4.96. The number of nitrogens with two attached hydrogens (primary N) is 1. The first-order chi connectivity index (χ1) is 8.66. The van der Waals surface area contributed by atoms with Crippen LogP contribution in [-0.4, -0.2) is 11.0 Å². The fourth-order valence-corrected chi connectivity index (χ4v) is 2.79. The second-order valence-electron chi connectivity index (χ2n) is 5.31. The first kappa shape index (κ1) is 13.3. The van der Waals surface area contributed by atoms with Crippen LogP contribution in [0.4, 0.5) is 5.69 Å². The lowest BCUT2D eigenvalue weighted by molar-refractivity contribution is 0.457. The van der Waals surface area contributed by atoms with Crippen molar-refractivity contribution in [1.29, 1.82) is 0 Å². The third-order valence-corrected chi connectivity index (χ3v) is 4.12. The summed E-state index contributed by atoms with van der Waals surface area (Å²) in [5, 5.41) is 3.65. The Labute approximate surface area is 115 Å². The van der Waals surface area contributed by atoms with E-state index in [9.17, 15) is 0 Å². The van der Waals surface area contributed by atoms with Crippen molar-refractivity contribution in [2.75, 3.05) is 5.32 Å². The van der Waals surface area contributed by atoms with Crippen LogP contribution in [0.25, 0.3) is 0 Å². The van der Waals surface area contributed by atoms with Gasteiger partial charge in [0.2, 0.25) is 0 Å². The molecule has 2 atom stereocenters. The van der Waals surface area contributed by atoms with E-state index in [-0.39, 0.29) is 0 Å². The van der Waals surface area contributed by atoms with Crippen LogP contribution in [0.1, 0.15) is 44.6 Å². The minimum atomic E-state index is 0.462. The van der Waals surface area contributed by atoms with Crippen molar-refractivity contribution in [3.63, 3.8) is 0 Å². The molecule has 1 aromatic rings. The normalized spacial score (nSPS) is 24.3. The lowest BCUT2D eigenvalue weighted by Crippen LogP contribution is -2.26. The molecule has 0 heterocycles. The largest absolute Gasteiger partial charge is 0.389 e. The molecule has 1 aromatic carbocycles. The maximum Gasteiger partial charge on any atom is 0.103 e. The summed E-state index contributed by atoms with van der Waals surface area (Å²) in [7, 11) is 0. The second-order valence-corrected chi connectivity index (χ2v) is 5.75. The zero-order chi connectivity index (χ0) is 13.0. The molecule has 0 aromatic heterocycles. The Morgan fingerprint density at radius 2 is 1.83 bits per heavy atom. The van der Waals surface area contributed by atoms with E-state index < -0.39 is 0 Å². The topological polar surface area (TPSA) is 38.0 Å². The van der Waals surface area contributed by atoms with E-state index in [1.807, 2.05) is 12.1 Å². The van der Waals surface area contributed by atoms with Crippen molar-refractivity contribution in [3.05, 3.63) is 29.8 Å². The molecule has 1 saturated carbocycles. The molecule has 3 N–H and O–H groups in total. The first-order valence-electron chi connectivity index (χ1n) is 6.83. The van der Waals surface area contributed by atoms with Crippen molar-refractivity contribution in [2.24, 2.45) is 11.7 Å². The third-order valence-electron chi connectivity index (χ3n) is 3.88. The van der Waals surface area contributed by atoms with E-state index in [1.54, 1.807) is 0 Å². The molecular weight excluding hydrogens is 240 g/mol. The van der Waals surface area contributed by atoms with Gasteiger partial charge in [-0.25, -0.2) is 0 Å². The summed E-state index contributed by atoms with van der Waals surface area (Å²) in [6, 6.07) is 8.74. The van der Waals surface area contributed by atoms with Crippen LogP contribution < -0.4 is 11.1 Å². The van der Waals surface area contributed by atoms with E-state index in [4.69, 9.17) is 18.0 Å². The average Bonchev–Trinajstić information content (AvgIpc) is 2.56. The Morgan fingerprint density at radius 3 is 2.50 bits per heavy atom. The third kappa shape index (κ3) is 3.45. The molecule has 1 aliphatic rings. The van der Waals surface area contributed by atoms with Gasteiger partial charge in [-0.2, -0.15) is 0 Å². The second kappa shape index (κ2) is 6.19. The molecule has 1 aliphatic carbocycles. The molecule has 2 unspecified atom stereocenters.